The molecule has 1 aromatic heterocycles. The van der Waals surface area contributed by atoms with Gasteiger partial charge in [0.2, 0.25) is 5.69 Å². The largest absolute Gasteiger partial charge is 0.222 e. The highest BCUT2D eigenvalue weighted by atomic mass is 79.9. The molecular formula is C21H20Br2ClNO4. The van der Waals surface area contributed by atoms with Gasteiger partial charge >= 0.3 is 0 Å². The molecule has 154 valence electrons. The molecule has 0 radical (unpaired) electrons. The molecule has 8 heteroatoms. The normalized spacial score (nSPS) is 12.1. The van der Waals surface area contributed by atoms with Gasteiger partial charge in [-0.15, -0.1) is 10.2 Å². The quantitative estimate of drug-likeness (QED) is 0.353. The molecule has 0 aliphatic rings. The summed E-state index contributed by atoms with van der Waals surface area (Å²) >= 11 is 7.32. The predicted octanol–water partition coefficient (Wildman–Crippen LogP) is 1.02. The first-order valence-electron chi connectivity index (χ1n) is 8.66. The maximum atomic E-state index is 8.49. The monoisotopic (exact) mass is 543 g/mol. The first-order valence-corrected chi connectivity index (χ1v) is 11.9. The fourth-order valence-electron chi connectivity index (χ4n) is 2.89. The van der Waals surface area contributed by atoms with Crippen molar-refractivity contribution in [2.75, 3.05) is 5.33 Å². The molecule has 1 atom stereocenters. The van der Waals surface area contributed by atoms with E-state index in [1.807, 2.05) is 0 Å². The number of hydrogen-bond acceptors (Lipinski definition) is 4. The topological polar surface area (TPSA) is 96.1 Å². The van der Waals surface area contributed by atoms with Crippen molar-refractivity contribution in [2.45, 2.75) is 18.3 Å². The van der Waals surface area contributed by atoms with E-state index in [0.717, 1.165) is 11.9 Å². The van der Waals surface area contributed by atoms with Gasteiger partial charge in [0.1, 0.15) is 0 Å². The molecule has 0 saturated carbocycles. The molecule has 0 aliphatic heterocycles. The number of hydrogen-bond donors (Lipinski definition) is 0. The molecule has 0 amide bonds. The minimum absolute atomic E-state index is 0.395. The first-order chi connectivity index (χ1) is 13.7. The number of nitrogens with zero attached hydrogens (tertiary/aromatic N) is 1. The van der Waals surface area contributed by atoms with Gasteiger partial charge in [0.25, 0.3) is 0 Å². The van der Waals surface area contributed by atoms with Gasteiger partial charge in [-0.2, -0.15) is 4.57 Å². The van der Waals surface area contributed by atoms with Gasteiger partial charge in [-0.1, -0.05) is 80.4 Å². The van der Waals surface area contributed by atoms with Gasteiger partial charge in [0, 0.05) is 30.0 Å². The van der Waals surface area contributed by atoms with Crippen LogP contribution in [0.4, 0.5) is 0 Å². The lowest BCUT2D eigenvalue weighted by molar-refractivity contribution is -2.00. The molecule has 1 unspecified atom stereocenters. The number of alkyl halides is 2. The van der Waals surface area contributed by atoms with Crippen molar-refractivity contribution < 1.29 is 33.4 Å². The Kier molecular flexibility index (Phi) is 9.23. The van der Waals surface area contributed by atoms with E-state index in [4.69, 9.17) is 18.6 Å². The summed E-state index contributed by atoms with van der Waals surface area (Å²) < 4.78 is 36.4. The Morgan fingerprint density at radius 3 is 1.79 bits per heavy atom. The average molecular weight is 546 g/mol. The van der Waals surface area contributed by atoms with Crippen LogP contribution < -0.4 is 23.2 Å². The molecule has 0 saturated heterocycles. The van der Waals surface area contributed by atoms with Gasteiger partial charge in [0.15, 0.2) is 12.2 Å². The minimum atomic E-state index is -4.94. The molecule has 0 bridgehead atoms. The van der Waals surface area contributed by atoms with Crippen molar-refractivity contribution in [3.05, 3.63) is 78.5 Å². The summed E-state index contributed by atoms with van der Waals surface area (Å²) in [5.74, 6) is 0. The van der Waals surface area contributed by atoms with Crippen LogP contribution in [0.1, 0.15) is 5.69 Å². The highest BCUT2D eigenvalue weighted by molar-refractivity contribution is 9.12. The lowest BCUT2D eigenvalue weighted by atomic mass is 10.0. The second kappa shape index (κ2) is 11.2. The molecular weight excluding hydrogens is 525 g/mol. The van der Waals surface area contributed by atoms with Crippen LogP contribution in [0.3, 0.4) is 0 Å². The maximum absolute atomic E-state index is 8.49. The summed E-state index contributed by atoms with van der Waals surface area (Å²) in [6, 6.07) is 25.8. The molecule has 0 aliphatic carbocycles. The van der Waals surface area contributed by atoms with Crippen molar-refractivity contribution in [2.24, 2.45) is 0 Å². The van der Waals surface area contributed by atoms with E-state index in [2.05, 4.69) is 116 Å². The lowest BCUT2D eigenvalue weighted by Gasteiger charge is -2.17. The number of rotatable bonds is 5. The summed E-state index contributed by atoms with van der Waals surface area (Å²) in [7, 11) is -4.94. The van der Waals surface area contributed by atoms with Crippen molar-refractivity contribution in [1.29, 1.82) is 0 Å². The predicted molar refractivity (Wildman–Crippen MR) is 109 cm³/mol. The third kappa shape index (κ3) is 8.14. The molecule has 0 N–H and O–H groups in total. The molecule has 0 spiro atoms. The van der Waals surface area contributed by atoms with E-state index in [9.17, 15) is 0 Å². The van der Waals surface area contributed by atoms with Gasteiger partial charge in [0.05, 0.1) is 4.83 Å². The van der Waals surface area contributed by atoms with Crippen LogP contribution in [0.25, 0.3) is 22.4 Å². The molecule has 0 fully saturated rings. The van der Waals surface area contributed by atoms with Gasteiger partial charge < -0.3 is 0 Å². The zero-order valence-corrected chi connectivity index (χ0v) is 19.6. The SMILES string of the molecule is Cc1cc(-c2ccccc2)cc(-c2ccccc2)[n+]1CC(Br)CBr.[O-][Cl+3]([O-])([O-])[O-]. The Bertz CT molecular complexity index is 900. The van der Waals surface area contributed by atoms with Crippen LogP contribution in [-0.4, -0.2) is 10.2 Å². The Labute approximate surface area is 189 Å². The minimum Gasteiger partial charge on any atom is -0.222 e. The van der Waals surface area contributed by atoms with E-state index >= 15 is 0 Å². The Morgan fingerprint density at radius 1 is 0.828 bits per heavy atom. The van der Waals surface area contributed by atoms with Crippen LogP contribution in [0, 0.1) is 17.2 Å². The standard InChI is InChI=1S/C21H20Br2N.ClHO4/c1-16-12-19(17-8-4-2-5-9-17)13-21(18-10-6-3-7-11-18)24(16)15-20(23)14-22;2-1(3,4)5/h2-13,20H,14-15H2,1H3;(H,2,3,4,5)/q+1;/p-1. The van der Waals surface area contributed by atoms with E-state index in [1.165, 1.54) is 28.1 Å². The number of aryl methyl sites for hydroxylation is 1. The molecule has 2 aromatic carbocycles. The van der Waals surface area contributed by atoms with Crippen LogP contribution in [0.5, 0.6) is 0 Å². The van der Waals surface area contributed by atoms with Gasteiger partial charge in [-0.05, 0) is 23.3 Å². The van der Waals surface area contributed by atoms with Crippen molar-refractivity contribution in [3.8, 4) is 22.4 Å². The summed E-state index contributed by atoms with van der Waals surface area (Å²) in [6.07, 6.45) is 0. The van der Waals surface area contributed by atoms with Crippen LogP contribution in [0.2, 0.25) is 0 Å². The van der Waals surface area contributed by atoms with Gasteiger partial charge in [-0.3, -0.25) is 0 Å². The van der Waals surface area contributed by atoms with E-state index in [-0.39, 0.29) is 0 Å². The van der Waals surface area contributed by atoms with Crippen molar-refractivity contribution >= 4 is 31.9 Å². The fourth-order valence-corrected chi connectivity index (χ4v) is 3.39. The second-order valence-electron chi connectivity index (χ2n) is 6.24. The smallest absolute Gasteiger partial charge is 0.213 e. The Hall–Kier alpha value is -1.32. The van der Waals surface area contributed by atoms with Crippen molar-refractivity contribution in [3.63, 3.8) is 0 Å². The molecule has 5 nitrogen and oxygen atoms in total. The zero-order valence-electron chi connectivity index (χ0n) is 15.6. The van der Waals surface area contributed by atoms with Crippen molar-refractivity contribution in [1.82, 2.24) is 0 Å². The third-order valence-electron chi connectivity index (χ3n) is 4.10. The summed E-state index contributed by atoms with van der Waals surface area (Å²) in [6.45, 7) is 3.11. The summed E-state index contributed by atoms with van der Waals surface area (Å²) in [4.78, 5) is 0.395. The lowest BCUT2D eigenvalue weighted by Crippen LogP contribution is -2.68. The van der Waals surface area contributed by atoms with E-state index < -0.39 is 10.2 Å². The number of aromatic nitrogens is 1. The summed E-state index contributed by atoms with van der Waals surface area (Å²) in [5, 5.41) is 0.925. The highest BCUT2D eigenvalue weighted by Crippen LogP contribution is 2.25. The number of benzene rings is 2. The van der Waals surface area contributed by atoms with Crippen LogP contribution in [-0.2, 0) is 6.54 Å². The first kappa shape index (κ1) is 24.0. The fraction of sp³-hybridized carbons (Fsp3) is 0.190. The van der Waals surface area contributed by atoms with E-state index in [1.54, 1.807) is 0 Å². The second-order valence-corrected chi connectivity index (χ2v) is 8.94. The molecule has 29 heavy (non-hydrogen) atoms. The molecule has 3 rings (SSSR count). The molecule has 1 heterocycles. The number of pyridine rings is 1. The molecule has 3 aromatic rings. The van der Waals surface area contributed by atoms with Crippen LogP contribution >= 0.6 is 31.9 Å². The number of halogens is 3. The maximum Gasteiger partial charge on any atom is 0.213 e. The highest BCUT2D eigenvalue weighted by Gasteiger charge is 2.21. The van der Waals surface area contributed by atoms with Gasteiger partial charge in [-0.25, -0.2) is 18.6 Å². The zero-order chi connectivity index (χ0) is 21.4. The van der Waals surface area contributed by atoms with Crippen LogP contribution in [0.15, 0.2) is 72.8 Å². The Morgan fingerprint density at radius 2 is 1.31 bits per heavy atom. The Balaban J connectivity index is 0.000000537. The average Bonchev–Trinajstić information content (AvgIpc) is 2.69. The third-order valence-corrected chi connectivity index (χ3v) is 6.36. The van der Waals surface area contributed by atoms with E-state index in [0.29, 0.717) is 4.83 Å². The summed E-state index contributed by atoms with van der Waals surface area (Å²) in [5.41, 5.74) is 6.27.